The predicted octanol–water partition coefficient (Wildman–Crippen LogP) is 1.22. The molecule has 0 spiro atoms. The molecule has 16 heavy (non-hydrogen) atoms. The molecule has 0 saturated carbocycles. The van der Waals surface area contributed by atoms with Crippen LogP contribution in [0.25, 0.3) is 0 Å². The van der Waals surface area contributed by atoms with Crippen LogP contribution in [0.15, 0.2) is 18.2 Å². The minimum absolute atomic E-state index is 0.244. The van der Waals surface area contributed by atoms with Crippen molar-refractivity contribution in [2.45, 2.75) is 13.5 Å². The number of likely N-dealkylation sites (tertiary alicyclic amines) is 1. The Balaban J connectivity index is 1.96. The molecule has 0 bridgehead atoms. The van der Waals surface area contributed by atoms with Gasteiger partial charge in [0.05, 0.1) is 5.92 Å². The second-order valence-electron chi connectivity index (χ2n) is 4.36. The average Bonchev–Trinajstić information content (AvgIpc) is 2.15. The molecule has 1 aromatic rings. The number of aliphatic carboxylic acids is 1. The number of rotatable bonds is 3. The van der Waals surface area contributed by atoms with Gasteiger partial charge in [-0.3, -0.25) is 9.69 Å². The van der Waals surface area contributed by atoms with E-state index in [0.29, 0.717) is 19.6 Å². The van der Waals surface area contributed by atoms with Crippen molar-refractivity contribution in [2.75, 3.05) is 13.1 Å². The smallest absolute Gasteiger partial charge is 0.309 e. The molecule has 1 saturated heterocycles. The lowest BCUT2D eigenvalue weighted by atomic mass is 9.99. The molecule has 1 aliphatic rings. The largest absolute Gasteiger partial charge is 0.508 e. The molecule has 2 rings (SSSR count). The first-order valence-corrected chi connectivity index (χ1v) is 5.30. The average molecular weight is 221 g/mol. The van der Waals surface area contributed by atoms with Crippen LogP contribution in [0.5, 0.6) is 5.75 Å². The molecule has 1 heterocycles. The monoisotopic (exact) mass is 221 g/mol. The molecule has 0 radical (unpaired) electrons. The van der Waals surface area contributed by atoms with Crippen molar-refractivity contribution in [1.82, 2.24) is 4.90 Å². The van der Waals surface area contributed by atoms with Gasteiger partial charge in [0.1, 0.15) is 5.75 Å². The molecule has 86 valence electrons. The van der Waals surface area contributed by atoms with Crippen LogP contribution in [-0.4, -0.2) is 34.2 Å². The summed E-state index contributed by atoms with van der Waals surface area (Å²) in [5.74, 6) is -0.693. The van der Waals surface area contributed by atoms with Crippen molar-refractivity contribution < 1.29 is 15.0 Å². The summed E-state index contributed by atoms with van der Waals surface area (Å²) in [6, 6.07) is 5.47. The van der Waals surface area contributed by atoms with E-state index < -0.39 is 5.97 Å². The topological polar surface area (TPSA) is 60.8 Å². The third-order valence-corrected chi connectivity index (χ3v) is 2.94. The van der Waals surface area contributed by atoms with Crippen LogP contribution in [0.2, 0.25) is 0 Å². The first-order chi connectivity index (χ1) is 7.56. The van der Waals surface area contributed by atoms with Gasteiger partial charge in [-0.15, -0.1) is 0 Å². The Morgan fingerprint density at radius 1 is 1.50 bits per heavy atom. The summed E-state index contributed by atoms with van der Waals surface area (Å²) in [6.45, 7) is 3.74. The van der Waals surface area contributed by atoms with Crippen LogP contribution in [-0.2, 0) is 11.3 Å². The van der Waals surface area contributed by atoms with Gasteiger partial charge in [-0.25, -0.2) is 0 Å². The fraction of sp³-hybridized carbons (Fsp3) is 0.417. The summed E-state index contributed by atoms with van der Waals surface area (Å²) in [6.07, 6.45) is 0. The maximum Gasteiger partial charge on any atom is 0.309 e. The highest BCUT2D eigenvalue weighted by Gasteiger charge is 2.32. The fourth-order valence-corrected chi connectivity index (χ4v) is 1.94. The number of benzene rings is 1. The first-order valence-electron chi connectivity index (χ1n) is 5.30. The van der Waals surface area contributed by atoms with Gasteiger partial charge in [0, 0.05) is 25.2 Å². The number of hydrogen-bond donors (Lipinski definition) is 2. The van der Waals surface area contributed by atoms with Crippen molar-refractivity contribution in [1.29, 1.82) is 0 Å². The maximum atomic E-state index is 10.6. The highest BCUT2D eigenvalue weighted by atomic mass is 16.4. The molecule has 1 aromatic carbocycles. The second-order valence-corrected chi connectivity index (χ2v) is 4.36. The van der Waals surface area contributed by atoms with Crippen molar-refractivity contribution >= 4 is 5.97 Å². The van der Waals surface area contributed by atoms with Gasteiger partial charge in [0.25, 0.3) is 0 Å². The SMILES string of the molecule is Cc1ccc(O)c(CN2CC(C(=O)O)C2)c1. The van der Waals surface area contributed by atoms with E-state index >= 15 is 0 Å². The molecule has 0 aliphatic carbocycles. The number of carboxylic acid groups (broad SMARTS) is 1. The molecule has 4 nitrogen and oxygen atoms in total. The summed E-state index contributed by atoms with van der Waals surface area (Å²) in [4.78, 5) is 12.6. The zero-order valence-corrected chi connectivity index (χ0v) is 9.18. The van der Waals surface area contributed by atoms with E-state index in [9.17, 15) is 9.90 Å². The molecule has 0 amide bonds. The summed E-state index contributed by atoms with van der Waals surface area (Å²) >= 11 is 0. The lowest BCUT2D eigenvalue weighted by Crippen LogP contribution is -2.49. The lowest BCUT2D eigenvalue weighted by Gasteiger charge is -2.36. The number of phenolic OH excluding ortho intramolecular Hbond substituents is 1. The second kappa shape index (κ2) is 4.14. The quantitative estimate of drug-likeness (QED) is 0.805. The highest BCUT2D eigenvalue weighted by molar-refractivity contribution is 5.71. The Kier molecular flexibility index (Phi) is 2.83. The molecule has 2 N–H and O–H groups in total. The Bertz CT molecular complexity index is 411. The van der Waals surface area contributed by atoms with Crippen LogP contribution in [0.4, 0.5) is 0 Å². The molecule has 1 fully saturated rings. The van der Waals surface area contributed by atoms with Gasteiger partial charge in [-0.05, 0) is 13.0 Å². The molecular weight excluding hydrogens is 206 g/mol. The van der Waals surface area contributed by atoms with Gasteiger partial charge in [0.15, 0.2) is 0 Å². The normalized spacial score (nSPS) is 17.1. The maximum absolute atomic E-state index is 10.6. The standard InChI is InChI=1S/C12H15NO3/c1-8-2-3-11(14)9(4-8)5-13-6-10(7-13)12(15)16/h2-4,10,14H,5-7H2,1H3,(H,15,16). The summed E-state index contributed by atoms with van der Waals surface area (Å²) in [5, 5.41) is 18.4. The van der Waals surface area contributed by atoms with Crippen LogP contribution < -0.4 is 0 Å². The van der Waals surface area contributed by atoms with Gasteiger partial charge in [0.2, 0.25) is 0 Å². The molecule has 0 aromatic heterocycles. The predicted molar refractivity (Wildman–Crippen MR) is 59.2 cm³/mol. The van der Waals surface area contributed by atoms with E-state index in [1.54, 1.807) is 6.07 Å². The van der Waals surface area contributed by atoms with E-state index in [4.69, 9.17) is 5.11 Å². The zero-order valence-electron chi connectivity index (χ0n) is 9.18. The van der Waals surface area contributed by atoms with Crippen molar-refractivity contribution in [3.05, 3.63) is 29.3 Å². The minimum Gasteiger partial charge on any atom is -0.508 e. The number of nitrogens with zero attached hydrogens (tertiary/aromatic N) is 1. The highest BCUT2D eigenvalue weighted by Crippen LogP contribution is 2.24. The third-order valence-electron chi connectivity index (χ3n) is 2.94. The van der Waals surface area contributed by atoms with Gasteiger partial charge in [-0.2, -0.15) is 0 Å². The number of hydrogen-bond acceptors (Lipinski definition) is 3. The van der Waals surface area contributed by atoms with Crippen LogP contribution in [0.3, 0.4) is 0 Å². The van der Waals surface area contributed by atoms with E-state index in [1.165, 1.54) is 0 Å². The number of aryl methyl sites for hydroxylation is 1. The molecule has 0 unspecified atom stereocenters. The summed E-state index contributed by atoms with van der Waals surface area (Å²) < 4.78 is 0. The van der Waals surface area contributed by atoms with Crippen LogP contribution in [0.1, 0.15) is 11.1 Å². The molecular formula is C12H15NO3. The van der Waals surface area contributed by atoms with Crippen molar-refractivity contribution in [3.8, 4) is 5.75 Å². The van der Waals surface area contributed by atoms with Crippen LogP contribution >= 0.6 is 0 Å². The summed E-state index contributed by atoms with van der Waals surface area (Å²) in [5.41, 5.74) is 1.96. The Labute approximate surface area is 94.1 Å². The Morgan fingerprint density at radius 2 is 2.19 bits per heavy atom. The first kappa shape index (κ1) is 11.0. The van der Waals surface area contributed by atoms with E-state index in [-0.39, 0.29) is 11.7 Å². The molecule has 0 atom stereocenters. The van der Waals surface area contributed by atoms with Crippen molar-refractivity contribution in [3.63, 3.8) is 0 Å². The molecule has 4 heteroatoms. The molecule has 1 aliphatic heterocycles. The van der Waals surface area contributed by atoms with E-state index in [2.05, 4.69) is 0 Å². The summed E-state index contributed by atoms with van der Waals surface area (Å²) in [7, 11) is 0. The van der Waals surface area contributed by atoms with E-state index in [0.717, 1.165) is 11.1 Å². The third kappa shape index (κ3) is 2.17. The van der Waals surface area contributed by atoms with Gasteiger partial charge < -0.3 is 10.2 Å². The number of phenols is 1. The number of carbonyl (C=O) groups is 1. The zero-order chi connectivity index (χ0) is 11.7. The number of carboxylic acids is 1. The Hall–Kier alpha value is -1.55. The van der Waals surface area contributed by atoms with E-state index in [1.807, 2.05) is 24.0 Å². The fourth-order valence-electron chi connectivity index (χ4n) is 1.94. The Morgan fingerprint density at radius 3 is 2.81 bits per heavy atom. The number of aromatic hydroxyl groups is 1. The van der Waals surface area contributed by atoms with Gasteiger partial charge in [-0.1, -0.05) is 17.7 Å². The van der Waals surface area contributed by atoms with Crippen molar-refractivity contribution in [2.24, 2.45) is 5.92 Å². The van der Waals surface area contributed by atoms with Gasteiger partial charge >= 0.3 is 5.97 Å². The lowest BCUT2D eigenvalue weighted by molar-refractivity contribution is -0.147. The van der Waals surface area contributed by atoms with Crippen LogP contribution in [0, 0.1) is 12.8 Å². The minimum atomic E-state index is -0.732.